The van der Waals surface area contributed by atoms with Gasteiger partial charge in [-0.05, 0) is 35.8 Å². The normalized spacial score (nSPS) is 24.1. The Morgan fingerprint density at radius 3 is 2.76 bits per heavy atom. The molecule has 0 aromatic heterocycles. The summed E-state index contributed by atoms with van der Waals surface area (Å²) in [5.74, 6) is 0.556. The van der Waals surface area contributed by atoms with Crippen LogP contribution < -0.4 is 0 Å². The van der Waals surface area contributed by atoms with Crippen molar-refractivity contribution in [3.05, 3.63) is 35.4 Å². The fourth-order valence-corrected chi connectivity index (χ4v) is 3.58. The van der Waals surface area contributed by atoms with Crippen LogP contribution in [0.1, 0.15) is 63.5 Å². The van der Waals surface area contributed by atoms with Gasteiger partial charge in [0.25, 0.3) is 0 Å². The lowest BCUT2D eigenvalue weighted by Crippen LogP contribution is -2.29. The second-order valence-corrected chi connectivity index (χ2v) is 6.48. The molecular weight excluding hydrogens is 228 g/mol. The quantitative estimate of drug-likeness (QED) is 0.643. The highest BCUT2D eigenvalue weighted by Crippen LogP contribution is 2.45. The summed E-state index contributed by atoms with van der Waals surface area (Å²) < 4.78 is 0. The maximum absolute atomic E-state index is 6.58. The topological polar surface area (TPSA) is 0 Å². The van der Waals surface area contributed by atoms with E-state index < -0.39 is 0 Å². The molecule has 0 radical (unpaired) electrons. The molecule has 2 atom stereocenters. The van der Waals surface area contributed by atoms with Crippen molar-refractivity contribution in [2.75, 3.05) is 0 Å². The molecule has 0 saturated heterocycles. The summed E-state index contributed by atoms with van der Waals surface area (Å²) in [4.78, 5) is 0. The molecule has 0 spiro atoms. The van der Waals surface area contributed by atoms with Crippen LogP contribution in [-0.4, -0.2) is 5.38 Å². The first-order chi connectivity index (χ1) is 8.06. The molecule has 2 unspecified atom stereocenters. The first-order valence-electron chi connectivity index (χ1n) is 6.79. The number of fused-ring (bicyclic) bond motifs is 1. The largest absolute Gasteiger partial charge is 0.122 e. The summed E-state index contributed by atoms with van der Waals surface area (Å²) in [6, 6.07) is 8.89. The summed E-state index contributed by atoms with van der Waals surface area (Å²) in [5.41, 5.74) is 3.32. The van der Waals surface area contributed by atoms with Crippen molar-refractivity contribution in [1.29, 1.82) is 0 Å². The van der Waals surface area contributed by atoms with Crippen LogP contribution in [0.25, 0.3) is 0 Å². The number of hydrogen-bond acceptors (Lipinski definition) is 0. The van der Waals surface area contributed by atoms with Gasteiger partial charge in [-0.25, -0.2) is 0 Å². The van der Waals surface area contributed by atoms with Crippen LogP contribution in [0.15, 0.2) is 24.3 Å². The molecule has 0 saturated carbocycles. The molecule has 1 heteroatoms. The van der Waals surface area contributed by atoms with Crippen LogP contribution in [0.2, 0.25) is 0 Å². The number of hydrogen-bond donors (Lipinski definition) is 0. The smallest absolute Gasteiger partial charge is 0.0404 e. The van der Waals surface area contributed by atoms with Crippen LogP contribution in [-0.2, 0) is 5.41 Å². The van der Waals surface area contributed by atoms with Crippen LogP contribution in [0.4, 0.5) is 0 Å². The van der Waals surface area contributed by atoms with Gasteiger partial charge < -0.3 is 0 Å². The van der Waals surface area contributed by atoms with E-state index in [4.69, 9.17) is 11.6 Å². The summed E-state index contributed by atoms with van der Waals surface area (Å²) in [6.07, 6.45) is 4.79. The van der Waals surface area contributed by atoms with E-state index in [-0.39, 0.29) is 0 Å². The lowest BCUT2D eigenvalue weighted by Gasteiger charge is -2.38. The standard InChI is InChI=1S/C16H23Cl/c1-4-7-15(17)13-10-11-16(2,3)14-9-6-5-8-12(13)14/h5-6,8-9,13,15H,4,7,10-11H2,1-3H3. The molecule has 0 N–H and O–H groups in total. The van der Waals surface area contributed by atoms with Gasteiger partial charge in [0.2, 0.25) is 0 Å². The zero-order chi connectivity index (χ0) is 12.5. The second kappa shape index (κ2) is 5.02. The molecule has 0 heterocycles. The molecule has 0 amide bonds. The van der Waals surface area contributed by atoms with Crippen LogP contribution in [0.3, 0.4) is 0 Å². The maximum atomic E-state index is 6.58. The molecule has 0 bridgehead atoms. The van der Waals surface area contributed by atoms with Gasteiger partial charge in [-0.2, -0.15) is 0 Å². The highest BCUT2D eigenvalue weighted by molar-refractivity contribution is 6.21. The second-order valence-electron chi connectivity index (χ2n) is 5.92. The zero-order valence-electron chi connectivity index (χ0n) is 11.2. The van der Waals surface area contributed by atoms with Gasteiger partial charge in [0.15, 0.2) is 0 Å². The lowest BCUT2D eigenvalue weighted by molar-refractivity contribution is 0.380. The Labute approximate surface area is 110 Å². The van der Waals surface area contributed by atoms with E-state index in [0.29, 0.717) is 16.7 Å². The highest BCUT2D eigenvalue weighted by Gasteiger charge is 2.34. The van der Waals surface area contributed by atoms with E-state index >= 15 is 0 Å². The molecule has 0 aliphatic heterocycles. The van der Waals surface area contributed by atoms with Gasteiger partial charge in [-0.1, -0.05) is 51.5 Å². The molecule has 2 rings (SSSR count). The van der Waals surface area contributed by atoms with E-state index in [2.05, 4.69) is 45.0 Å². The van der Waals surface area contributed by atoms with Crippen molar-refractivity contribution < 1.29 is 0 Å². The minimum absolute atomic E-state index is 0.303. The monoisotopic (exact) mass is 250 g/mol. The number of benzene rings is 1. The third-order valence-electron chi connectivity index (χ3n) is 4.17. The zero-order valence-corrected chi connectivity index (χ0v) is 11.9. The fraction of sp³-hybridized carbons (Fsp3) is 0.625. The van der Waals surface area contributed by atoms with E-state index in [1.165, 1.54) is 30.4 Å². The Balaban J connectivity index is 2.35. The third kappa shape index (κ3) is 2.52. The van der Waals surface area contributed by atoms with Gasteiger partial charge in [0.05, 0.1) is 0 Å². The molecule has 1 aromatic rings. The van der Waals surface area contributed by atoms with Crippen molar-refractivity contribution in [1.82, 2.24) is 0 Å². The van der Waals surface area contributed by atoms with Crippen molar-refractivity contribution in [2.24, 2.45) is 0 Å². The summed E-state index contributed by atoms with van der Waals surface area (Å²) in [6.45, 7) is 6.92. The third-order valence-corrected chi connectivity index (χ3v) is 4.69. The Morgan fingerprint density at radius 2 is 2.06 bits per heavy atom. The fourth-order valence-electron chi connectivity index (χ4n) is 3.10. The van der Waals surface area contributed by atoms with E-state index in [9.17, 15) is 0 Å². The SMILES string of the molecule is CCCC(Cl)C1CCC(C)(C)c2ccccc21. The van der Waals surface area contributed by atoms with Gasteiger partial charge in [-0.15, -0.1) is 11.6 Å². The number of halogens is 1. The molecule has 1 aliphatic rings. The summed E-state index contributed by atoms with van der Waals surface area (Å²) >= 11 is 6.58. The summed E-state index contributed by atoms with van der Waals surface area (Å²) in [7, 11) is 0. The predicted molar refractivity (Wildman–Crippen MR) is 76.0 cm³/mol. The van der Waals surface area contributed by atoms with Gasteiger partial charge in [0, 0.05) is 11.3 Å². The first-order valence-corrected chi connectivity index (χ1v) is 7.23. The Morgan fingerprint density at radius 1 is 1.35 bits per heavy atom. The summed E-state index contributed by atoms with van der Waals surface area (Å²) in [5, 5.41) is 0.303. The average Bonchev–Trinajstić information content (AvgIpc) is 2.29. The Bertz CT molecular complexity index is 381. The Hall–Kier alpha value is -0.490. The lowest BCUT2D eigenvalue weighted by atomic mass is 9.68. The van der Waals surface area contributed by atoms with Crippen molar-refractivity contribution in [3.8, 4) is 0 Å². The average molecular weight is 251 g/mol. The van der Waals surface area contributed by atoms with E-state index in [1.54, 1.807) is 0 Å². The van der Waals surface area contributed by atoms with Gasteiger partial charge in [-0.3, -0.25) is 0 Å². The van der Waals surface area contributed by atoms with Crippen molar-refractivity contribution in [3.63, 3.8) is 0 Å². The van der Waals surface area contributed by atoms with Crippen molar-refractivity contribution in [2.45, 2.75) is 63.2 Å². The van der Waals surface area contributed by atoms with Crippen LogP contribution in [0.5, 0.6) is 0 Å². The van der Waals surface area contributed by atoms with E-state index in [1.807, 2.05) is 0 Å². The highest BCUT2D eigenvalue weighted by atomic mass is 35.5. The predicted octanol–water partition coefficient (Wildman–Crippen LogP) is 5.25. The molecule has 17 heavy (non-hydrogen) atoms. The van der Waals surface area contributed by atoms with Gasteiger partial charge in [0.1, 0.15) is 0 Å². The van der Waals surface area contributed by atoms with Crippen LogP contribution in [0, 0.1) is 0 Å². The minimum atomic E-state index is 0.303. The number of alkyl halides is 1. The maximum Gasteiger partial charge on any atom is 0.0404 e. The number of rotatable bonds is 3. The van der Waals surface area contributed by atoms with E-state index in [0.717, 1.165) is 6.42 Å². The first kappa shape index (κ1) is 13.0. The minimum Gasteiger partial charge on any atom is -0.122 e. The molecule has 94 valence electrons. The molecule has 0 fully saturated rings. The Kier molecular flexibility index (Phi) is 3.82. The van der Waals surface area contributed by atoms with Gasteiger partial charge >= 0.3 is 0 Å². The molecule has 0 nitrogen and oxygen atoms in total. The molecule has 1 aliphatic carbocycles. The van der Waals surface area contributed by atoms with Crippen LogP contribution >= 0.6 is 11.6 Å². The van der Waals surface area contributed by atoms with Crippen molar-refractivity contribution >= 4 is 11.6 Å². The molecule has 1 aromatic carbocycles. The molecular formula is C16H23Cl.